The summed E-state index contributed by atoms with van der Waals surface area (Å²) >= 11 is 3.41. The fraction of sp³-hybridized carbons (Fsp3) is 0.150. The molecule has 0 N–H and O–H groups in total. The van der Waals surface area contributed by atoms with Gasteiger partial charge in [-0.2, -0.15) is 0 Å². The van der Waals surface area contributed by atoms with Gasteiger partial charge in [0.2, 0.25) is 5.43 Å². The second-order valence-electron chi connectivity index (χ2n) is 5.77. The van der Waals surface area contributed by atoms with E-state index < -0.39 is 0 Å². The zero-order chi connectivity index (χ0) is 17.3. The van der Waals surface area contributed by atoms with Crippen molar-refractivity contribution in [1.82, 2.24) is 0 Å². The first kappa shape index (κ1) is 16.5. The highest BCUT2D eigenvalue weighted by molar-refractivity contribution is 9.10. The third-order valence-corrected chi connectivity index (χ3v) is 4.19. The van der Waals surface area contributed by atoms with Crippen LogP contribution in [-0.4, -0.2) is 6.61 Å². The normalized spacial score (nSPS) is 10.8. The van der Waals surface area contributed by atoms with Crippen molar-refractivity contribution in [2.45, 2.75) is 13.8 Å². The standard InChI is InChI=1S/C20H17BrO3/c1-12(2)11-23-16-8-9-17-18(10-16)24-13(3)19(20(17)22)14-4-6-15(21)7-5-14/h4-10H,1,11H2,2-3H3. The number of aryl methyl sites for hydroxylation is 1. The van der Waals surface area contributed by atoms with Crippen molar-refractivity contribution < 1.29 is 9.15 Å². The van der Waals surface area contributed by atoms with Gasteiger partial charge in [-0.3, -0.25) is 4.79 Å². The summed E-state index contributed by atoms with van der Waals surface area (Å²) in [4.78, 5) is 12.9. The maximum absolute atomic E-state index is 12.9. The van der Waals surface area contributed by atoms with Crippen molar-refractivity contribution >= 4 is 26.9 Å². The molecular formula is C20H17BrO3. The molecule has 24 heavy (non-hydrogen) atoms. The SMILES string of the molecule is C=C(C)COc1ccc2c(=O)c(-c3ccc(Br)cc3)c(C)oc2c1. The first-order chi connectivity index (χ1) is 11.5. The summed E-state index contributed by atoms with van der Waals surface area (Å²) in [6.45, 7) is 7.95. The van der Waals surface area contributed by atoms with Crippen LogP contribution in [0.4, 0.5) is 0 Å². The van der Waals surface area contributed by atoms with Gasteiger partial charge in [0.1, 0.15) is 23.7 Å². The molecule has 0 aliphatic carbocycles. The Morgan fingerprint density at radius 3 is 2.58 bits per heavy atom. The highest BCUT2D eigenvalue weighted by atomic mass is 79.9. The number of benzene rings is 2. The Hall–Kier alpha value is -2.33. The molecule has 4 heteroatoms. The largest absolute Gasteiger partial charge is 0.489 e. The van der Waals surface area contributed by atoms with Gasteiger partial charge in [-0.05, 0) is 49.2 Å². The molecule has 0 atom stereocenters. The molecule has 0 radical (unpaired) electrons. The van der Waals surface area contributed by atoms with Crippen LogP contribution in [0.1, 0.15) is 12.7 Å². The lowest BCUT2D eigenvalue weighted by Gasteiger charge is -2.09. The Kier molecular flexibility index (Phi) is 4.58. The van der Waals surface area contributed by atoms with Gasteiger partial charge in [0.15, 0.2) is 0 Å². The molecule has 0 fully saturated rings. The summed E-state index contributed by atoms with van der Waals surface area (Å²) in [6, 6.07) is 12.9. The van der Waals surface area contributed by atoms with Crippen molar-refractivity contribution in [2.75, 3.05) is 6.61 Å². The van der Waals surface area contributed by atoms with Crippen molar-refractivity contribution in [3.8, 4) is 16.9 Å². The number of fused-ring (bicyclic) bond motifs is 1. The smallest absolute Gasteiger partial charge is 0.200 e. The average Bonchev–Trinajstić information content (AvgIpc) is 2.54. The van der Waals surface area contributed by atoms with Gasteiger partial charge in [-0.25, -0.2) is 0 Å². The van der Waals surface area contributed by atoms with Crippen molar-refractivity contribution in [1.29, 1.82) is 0 Å². The summed E-state index contributed by atoms with van der Waals surface area (Å²) in [6.07, 6.45) is 0. The lowest BCUT2D eigenvalue weighted by atomic mass is 10.0. The lowest BCUT2D eigenvalue weighted by Crippen LogP contribution is -2.07. The van der Waals surface area contributed by atoms with E-state index in [0.717, 1.165) is 15.6 Å². The van der Waals surface area contributed by atoms with E-state index in [9.17, 15) is 4.79 Å². The minimum Gasteiger partial charge on any atom is -0.489 e. The first-order valence-electron chi connectivity index (χ1n) is 7.56. The van der Waals surface area contributed by atoms with E-state index in [1.807, 2.05) is 31.2 Å². The number of hydrogen-bond acceptors (Lipinski definition) is 3. The Morgan fingerprint density at radius 1 is 1.21 bits per heavy atom. The summed E-state index contributed by atoms with van der Waals surface area (Å²) in [7, 11) is 0. The van der Waals surface area contributed by atoms with Crippen LogP contribution in [-0.2, 0) is 0 Å². The topological polar surface area (TPSA) is 39.4 Å². The molecule has 3 aromatic rings. The molecule has 3 rings (SSSR count). The van der Waals surface area contributed by atoms with Crippen LogP contribution in [0, 0.1) is 6.92 Å². The van der Waals surface area contributed by atoms with E-state index in [-0.39, 0.29) is 5.43 Å². The third-order valence-electron chi connectivity index (χ3n) is 3.66. The number of ether oxygens (including phenoxy) is 1. The molecule has 0 saturated heterocycles. The van der Waals surface area contributed by atoms with Gasteiger partial charge < -0.3 is 9.15 Å². The van der Waals surface area contributed by atoms with Gasteiger partial charge in [0.05, 0.1) is 10.9 Å². The maximum atomic E-state index is 12.9. The van der Waals surface area contributed by atoms with Crippen LogP contribution in [0.5, 0.6) is 5.75 Å². The zero-order valence-electron chi connectivity index (χ0n) is 13.6. The molecule has 0 saturated carbocycles. The van der Waals surface area contributed by atoms with Crippen molar-refractivity contribution in [3.05, 3.63) is 75.1 Å². The molecule has 0 bridgehead atoms. The van der Waals surface area contributed by atoms with E-state index in [2.05, 4.69) is 22.5 Å². The number of hydrogen-bond donors (Lipinski definition) is 0. The van der Waals surface area contributed by atoms with Gasteiger partial charge in [0.25, 0.3) is 0 Å². The quantitative estimate of drug-likeness (QED) is 0.558. The van der Waals surface area contributed by atoms with Gasteiger partial charge in [0, 0.05) is 10.5 Å². The van der Waals surface area contributed by atoms with E-state index in [0.29, 0.717) is 34.6 Å². The first-order valence-corrected chi connectivity index (χ1v) is 8.35. The van der Waals surface area contributed by atoms with Crippen LogP contribution < -0.4 is 10.2 Å². The fourth-order valence-electron chi connectivity index (χ4n) is 2.53. The minimum absolute atomic E-state index is 0.0393. The van der Waals surface area contributed by atoms with E-state index in [1.165, 1.54) is 0 Å². The fourth-order valence-corrected chi connectivity index (χ4v) is 2.80. The highest BCUT2D eigenvalue weighted by Gasteiger charge is 2.14. The molecular weight excluding hydrogens is 368 g/mol. The Labute approximate surface area is 148 Å². The molecule has 0 spiro atoms. The predicted octanol–water partition coefficient (Wildman–Crippen LogP) is 5.49. The minimum atomic E-state index is -0.0393. The molecule has 3 nitrogen and oxygen atoms in total. The third kappa shape index (κ3) is 3.29. The summed E-state index contributed by atoms with van der Waals surface area (Å²) in [5, 5.41) is 0.543. The summed E-state index contributed by atoms with van der Waals surface area (Å²) in [5.41, 5.74) is 2.85. The van der Waals surface area contributed by atoms with E-state index in [1.54, 1.807) is 25.1 Å². The molecule has 0 aliphatic rings. The van der Waals surface area contributed by atoms with Crippen LogP contribution in [0.2, 0.25) is 0 Å². The van der Waals surface area contributed by atoms with Crippen LogP contribution in [0.25, 0.3) is 22.1 Å². The van der Waals surface area contributed by atoms with Crippen LogP contribution in [0.15, 0.2) is 68.3 Å². The molecule has 0 amide bonds. The van der Waals surface area contributed by atoms with Crippen LogP contribution >= 0.6 is 15.9 Å². The molecule has 1 heterocycles. The summed E-state index contributed by atoms with van der Waals surface area (Å²) < 4.78 is 12.5. The molecule has 2 aromatic carbocycles. The second kappa shape index (κ2) is 6.65. The van der Waals surface area contributed by atoms with Crippen LogP contribution in [0.3, 0.4) is 0 Å². The number of halogens is 1. The molecule has 1 aromatic heterocycles. The monoisotopic (exact) mass is 384 g/mol. The van der Waals surface area contributed by atoms with Gasteiger partial charge in [-0.1, -0.05) is 34.6 Å². The Bertz CT molecular complexity index is 969. The van der Waals surface area contributed by atoms with Gasteiger partial charge in [-0.15, -0.1) is 0 Å². The predicted molar refractivity (Wildman–Crippen MR) is 101 cm³/mol. The molecule has 122 valence electrons. The average molecular weight is 385 g/mol. The van der Waals surface area contributed by atoms with Crippen molar-refractivity contribution in [3.63, 3.8) is 0 Å². The Morgan fingerprint density at radius 2 is 1.92 bits per heavy atom. The van der Waals surface area contributed by atoms with E-state index in [4.69, 9.17) is 9.15 Å². The van der Waals surface area contributed by atoms with Crippen molar-refractivity contribution in [2.24, 2.45) is 0 Å². The molecule has 0 unspecified atom stereocenters. The van der Waals surface area contributed by atoms with E-state index >= 15 is 0 Å². The lowest BCUT2D eigenvalue weighted by molar-refractivity contribution is 0.352. The summed E-state index contributed by atoms with van der Waals surface area (Å²) in [5.74, 6) is 1.25. The highest BCUT2D eigenvalue weighted by Crippen LogP contribution is 2.27. The number of rotatable bonds is 4. The van der Waals surface area contributed by atoms with Gasteiger partial charge >= 0.3 is 0 Å². The molecule has 0 aliphatic heterocycles. The maximum Gasteiger partial charge on any atom is 0.200 e. The zero-order valence-corrected chi connectivity index (χ0v) is 15.1. The Balaban J connectivity index is 2.10. The second-order valence-corrected chi connectivity index (χ2v) is 6.69.